The highest BCUT2D eigenvalue weighted by molar-refractivity contribution is 7.99. The molecular formula is C14H17NO2S. The van der Waals surface area contributed by atoms with Gasteiger partial charge in [0.05, 0.1) is 12.1 Å². The number of aryl methyl sites for hydroxylation is 1. The van der Waals surface area contributed by atoms with Crippen molar-refractivity contribution in [1.29, 1.82) is 0 Å². The van der Waals surface area contributed by atoms with Gasteiger partial charge in [0.15, 0.2) is 0 Å². The average Bonchev–Trinajstić information content (AvgIpc) is 2.72. The number of hydrogen-bond donors (Lipinski definition) is 0. The summed E-state index contributed by atoms with van der Waals surface area (Å²) in [6.45, 7) is 0. The summed E-state index contributed by atoms with van der Waals surface area (Å²) < 4.78 is 6.81. The first kappa shape index (κ1) is 13.0. The van der Waals surface area contributed by atoms with E-state index in [1.54, 1.807) is 11.8 Å². The van der Waals surface area contributed by atoms with Crippen LogP contribution >= 0.6 is 11.8 Å². The number of carbonyl (C=O) groups excluding carboxylic acids is 1. The summed E-state index contributed by atoms with van der Waals surface area (Å²) in [6, 6.07) is 10.5. The Labute approximate surface area is 111 Å². The zero-order valence-corrected chi connectivity index (χ0v) is 11.5. The molecule has 0 aliphatic rings. The van der Waals surface area contributed by atoms with Crippen molar-refractivity contribution in [2.24, 2.45) is 7.05 Å². The predicted molar refractivity (Wildman–Crippen MR) is 74.9 cm³/mol. The van der Waals surface area contributed by atoms with Gasteiger partial charge in [0.2, 0.25) is 0 Å². The number of para-hydroxylation sites is 1. The molecule has 0 N–H and O–H groups in total. The van der Waals surface area contributed by atoms with Crippen LogP contribution in [0.3, 0.4) is 0 Å². The Balaban J connectivity index is 1.95. The van der Waals surface area contributed by atoms with Crippen LogP contribution in [0.1, 0.15) is 12.8 Å². The number of fused-ring (bicyclic) bond motifs is 1. The Morgan fingerprint density at radius 1 is 1.39 bits per heavy atom. The summed E-state index contributed by atoms with van der Waals surface area (Å²) in [6.07, 6.45) is 1.34. The van der Waals surface area contributed by atoms with Gasteiger partial charge in [-0.3, -0.25) is 4.79 Å². The molecule has 1 aromatic carbocycles. The third kappa shape index (κ3) is 2.88. The Morgan fingerprint density at radius 2 is 2.17 bits per heavy atom. The Morgan fingerprint density at radius 3 is 2.89 bits per heavy atom. The highest BCUT2D eigenvalue weighted by Crippen LogP contribution is 2.26. The number of hydrogen-bond acceptors (Lipinski definition) is 3. The van der Waals surface area contributed by atoms with Crippen molar-refractivity contribution in [3.63, 3.8) is 0 Å². The van der Waals surface area contributed by atoms with Gasteiger partial charge in [0.25, 0.3) is 0 Å². The molecule has 0 spiro atoms. The minimum absolute atomic E-state index is 0.132. The standard InChI is InChI=1S/C14H17NO2S/c1-15-12-7-4-3-6-11(12)10-13(15)18-9-5-8-14(16)17-2/h3-4,6-7,10H,5,8-9H2,1-2H3. The number of nitrogens with zero attached hydrogens (tertiary/aromatic N) is 1. The molecule has 2 aromatic rings. The number of aromatic nitrogens is 1. The van der Waals surface area contributed by atoms with Crippen LogP contribution in [0.2, 0.25) is 0 Å². The number of ether oxygens (including phenoxy) is 1. The fraction of sp³-hybridized carbons (Fsp3) is 0.357. The number of rotatable bonds is 5. The van der Waals surface area contributed by atoms with Gasteiger partial charge < -0.3 is 9.30 Å². The first-order valence-electron chi connectivity index (χ1n) is 5.96. The fourth-order valence-electron chi connectivity index (χ4n) is 1.90. The molecule has 0 atom stereocenters. The van der Waals surface area contributed by atoms with E-state index >= 15 is 0 Å². The predicted octanol–water partition coefficient (Wildman–Crippen LogP) is 3.22. The zero-order chi connectivity index (χ0) is 13.0. The molecule has 3 nitrogen and oxygen atoms in total. The molecule has 4 heteroatoms. The molecule has 0 amide bonds. The van der Waals surface area contributed by atoms with Gasteiger partial charge in [0, 0.05) is 24.4 Å². The monoisotopic (exact) mass is 263 g/mol. The second-order valence-electron chi connectivity index (χ2n) is 4.13. The van der Waals surface area contributed by atoms with Crippen LogP contribution in [0.25, 0.3) is 10.9 Å². The van der Waals surface area contributed by atoms with Gasteiger partial charge in [-0.05, 0) is 24.3 Å². The van der Waals surface area contributed by atoms with Crippen molar-refractivity contribution in [2.45, 2.75) is 17.9 Å². The Bertz CT molecular complexity index is 548. The van der Waals surface area contributed by atoms with Crippen LogP contribution in [0, 0.1) is 0 Å². The molecular weight excluding hydrogens is 246 g/mol. The van der Waals surface area contributed by atoms with Gasteiger partial charge in [0.1, 0.15) is 0 Å². The highest BCUT2D eigenvalue weighted by atomic mass is 32.2. The maximum Gasteiger partial charge on any atom is 0.305 e. The summed E-state index contributed by atoms with van der Waals surface area (Å²) in [4.78, 5) is 11.0. The van der Waals surface area contributed by atoms with E-state index < -0.39 is 0 Å². The molecule has 2 rings (SSSR count). The summed E-state index contributed by atoms with van der Waals surface area (Å²) >= 11 is 1.78. The molecule has 0 radical (unpaired) electrons. The quantitative estimate of drug-likeness (QED) is 0.471. The van der Waals surface area contributed by atoms with Crippen LogP contribution in [-0.2, 0) is 16.6 Å². The second kappa shape index (κ2) is 5.96. The molecule has 96 valence electrons. The molecule has 0 unspecified atom stereocenters. The molecule has 0 bridgehead atoms. The SMILES string of the molecule is COC(=O)CCCSc1cc2ccccc2n1C. The third-order valence-corrected chi connectivity index (χ3v) is 4.09. The van der Waals surface area contributed by atoms with Crippen molar-refractivity contribution in [3.8, 4) is 0 Å². The number of benzene rings is 1. The average molecular weight is 263 g/mol. The molecule has 1 aromatic heterocycles. The third-order valence-electron chi connectivity index (χ3n) is 2.91. The Hall–Kier alpha value is -1.42. The molecule has 1 heterocycles. The normalized spacial score (nSPS) is 10.8. The molecule has 0 saturated carbocycles. The number of carbonyl (C=O) groups is 1. The van der Waals surface area contributed by atoms with Gasteiger partial charge >= 0.3 is 5.97 Å². The van der Waals surface area contributed by atoms with Crippen molar-refractivity contribution < 1.29 is 9.53 Å². The molecule has 0 fully saturated rings. The molecule has 0 aliphatic heterocycles. The maximum atomic E-state index is 11.0. The maximum absolute atomic E-state index is 11.0. The highest BCUT2D eigenvalue weighted by Gasteiger charge is 2.06. The lowest BCUT2D eigenvalue weighted by molar-refractivity contribution is -0.140. The minimum Gasteiger partial charge on any atom is -0.469 e. The van der Waals surface area contributed by atoms with E-state index in [0.717, 1.165) is 12.2 Å². The van der Waals surface area contributed by atoms with Gasteiger partial charge in [-0.2, -0.15) is 0 Å². The van der Waals surface area contributed by atoms with Gasteiger partial charge in [-0.15, -0.1) is 11.8 Å². The van der Waals surface area contributed by atoms with Gasteiger partial charge in [-0.1, -0.05) is 18.2 Å². The number of thioether (sulfide) groups is 1. The summed E-state index contributed by atoms with van der Waals surface area (Å²) in [7, 11) is 3.50. The van der Waals surface area contributed by atoms with E-state index in [1.165, 1.54) is 23.0 Å². The van der Waals surface area contributed by atoms with Crippen molar-refractivity contribution >= 4 is 28.6 Å². The largest absolute Gasteiger partial charge is 0.469 e. The topological polar surface area (TPSA) is 31.2 Å². The van der Waals surface area contributed by atoms with E-state index in [2.05, 4.69) is 34.6 Å². The lowest BCUT2D eigenvalue weighted by Crippen LogP contribution is -2.00. The van der Waals surface area contributed by atoms with E-state index in [9.17, 15) is 4.79 Å². The Kier molecular flexibility index (Phi) is 4.31. The second-order valence-corrected chi connectivity index (χ2v) is 5.24. The van der Waals surface area contributed by atoms with Crippen LogP contribution in [-0.4, -0.2) is 23.4 Å². The zero-order valence-electron chi connectivity index (χ0n) is 10.7. The van der Waals surface area contributed by atoms with Crippen LogP contribution in [0.5, 0.6) is 0 Å². The smallest absolute Gasteiger partial charge is 0.305 e. The molecule has 18 heavy (non-hydrogen) atoms. The van der Waals surface area contributed by atoms with Crippen molar-refractivity contribution in [1.82, 2.24) is 4.57 Å². The van der Waals surface area contributed by atoms with E-state index in [1.807, 2.05) is 12.1 Å². The lowest BCUT2D eigenvalue weighted by Gasteiger charge is -2.03. The molecule has 0 saturated heterocycles. The first-order chi connectivity index (χ1) is 8.72. The van der Waals surface area contributed by atoms with Crippen molar-refractivity contribution in [3.05, 3.63) is 30.3 Å². The lowest BCUT2D eigenvalue weighted by atomic mass is 10.2. The number of methoxy groups -OCH3 is 1. The fourth-order valence-corrected chi connectivity index (χ4v) is 2.90. The van der Waals surface area contributed by atoms with E-state index in [4.69, 9.17) is 0 Å². The van der Waals surface area contributed by atoms with Crippen LogP contribution in [0.4, 0.5) is 0 Å². The molecule has 0 aliphatic carbocycles. The first-order valence-corrected chi connectivity index (χ1v) is 6.95. The van der Waals surface area contributed by atoms with Gasteiger partial charge in [-0.25, -0.2) is 0 Å². The minimum atomic E-state index is -0.132. The summed E-state index contributed by atoms with van der Waals surface area (Å²) in [5.74, 6) is 0.798. The summed E-state index contributed by atoms with van der Waals surface area (Å²) in [5, 5.41) is 2.50. The van der Waals surface area contributed by atoms with Crippen molar-refractivity contribution in [2.75, 3.05) is 12.9 Å². The summed E-state index contributed by atoms with van der Waals surface area (Å²) in [5.41, 5.74) is 1.24. The van der Waals surface area contributed by atoms with Crippen LogP contribution < -0.4 is 0 Å². The van der Waals surface area contributed by atoms with Crippen LogP contribution in [0.15, 0.2) is 35.4 Å². The van der Waals surface area contributed by atoms with E-state index in [0.29, 0.717) is 6.42 Å². The number of esters is 1. The van der Waals surface area contributed by atoms with E-state index in [-0.39, 0.29) is 5.97 Å².